The second kappa shape index (κ2) is 8.40. The molecule has 0 bridgehead atoms. The van der Waals surface area contributed by atoms with E-state index in [-0.39, 0.29) is 12.5 Å². The van der Waals surface area contributed by atoms with E-state index in [2.05, 4.69) is 31.8 Å². The predicted octanol–water partition coefficient (Wildman–Crippen LogP) is 3.48. The van der Waals surface area contributed by atoms with Gasteiger partial charge in [0.1, 0.15) is 0 Å². The molecule has 3 aromatic carbocycles. The number of carbonyl (C=O) groups excluding carboxylic acids is 2. The number of rotatable bonds is 5. The van der Waals surface area contributed by atoms with E-state index in [0.717, 1.165) is 20.8 Å². The van der Waals surface area contributed by atoms with Crippen molar-refractivity contribution in [2.45, 2.75) is 0 Å². The van der Waals surface area contributed by atoms with Gasteiger partial charge in [-0.2, -0.15) is 5.10 Å². The highest BCUT2D eigenvalue weighted by Gasteiger charge is 2.10. The van der Waals surface area contributed by atoms with E-state index < -0.39 is 5.91 Å². The average molecular weight is 410 g/mol. The molecule has 0 heterocycles. The number of fused-ring (bicyclic) bond motifs is 1. The molecule has 130 valence electrons. The maximum absolute atomic E-state index is 12.4. The predicted molar refractivity (Wildman–Crippen MR) is 106 cm³/mol. The molecule has 0 atom stereocenters. The molecule has 0 fully saturated rings. The highest BCUT2D eigenvalue weighted by atomic mass is 79.9. The third-order valence-corrected chi connectivity index (χ3v) is 4.46. The van der Waals surface area contributed by atoms with Crippen LogP contribution in [0.25, 0.3) is 10.8 Å². The molecular formula is C20H16BrN3O2. The summed E-state index contributed by atoms with van der Waals surface area (Å²) in [6, 6.07) is 20.6. The minimum absolute atomic E-state index is 0.157. The summed E-state index contributed by atoms with van der Waals surface area (Å²) in [5, 5.41) is 8.34. The fourth-order valence-corrected chi connectivity index (χ4v) is 2.86. The number of amides is 2. The van der Waals surface area contributed by atoms with Gasteiger partial charge in [-0.3, -0.25) is 9.59 Å². The van der Waals surface area contributed by atoms with Gasteiger partial charge in [0, 0.05) is 15.6 Å². The minimum atomic E-state index is -0.401. The van der Waals surface area contributed by atoms with Crippen LogP contribution in [0.15, 0.2) is 76.3 Å². The Hall–Kier alpha value is -2.99. The van der Waals surface area contributed by atoms with Crippen molar-refractivity contribution in [1.29, 1.82) is 0 Å². The van der Waals surface area contributed by atoms with Crippen molar-refractivity contribution < 1.29 is 9.59 Å². The molecule has 0 unspecified atom stereocenters. The zero-order valence-corrected chi connectivity index (χ0v) is 15.4. The van der Waals surface area contributed by atoms with Gasteiger partial charge >= 0.3 is 0 Å². The summed E-state index contributed by atoms with van der Waals surface area (Å²) < 4.78 is 0.877. The van der Waals surface area contributed by atoms with Gasteiger partial charge in [0.2, 0.25) is 0 Å². The van der Waals surface area contributed by atoms with Crippen LogP contribution in [0.1, 0.15) is 15.9 Å². The third-order valence-electron chi connectivity index (χ3n) is 3.74. The van der Waals surface area contributed by atoms with Gasteiger partial charge in [-0.05, 0) is 22.9 Å². The summed E-state index contributed by atoms with van der Waals surface area (Å²) in [6.45, 7) is -0.157. The lowest BCUT2D eigenvalue weighted by Crippen LogP contribution is -2.35. The number of hydrazone groups is 1. The average Bonchev–Trinajstić information content (AvgIpc) is 2.67. The van der Waals surface area contributed by atoms with E-state index in [0.29, 0.717) is 5.56 Å². The number of nitrogens with zero attached hydrogens (tertiary/aromatic N) is 1. The molecule has 3 aromatic rings. The molecule has 3 rings (SSSR count). The van der Waals surface area contributed by atoms with Crippen LogP contribution in [0.3, 0.4) is 0 Å². The summed E-state index contributed by atoms with van der Waals surface area (Å²) in [7, 11) is 0. The number of halogens is 1. The number of hydrogen-bond acceptors (Lipinski definition) is 3. The fraction of sp³-hybridized carbons (Fsp3) is 0.0500. The Labute approximate surface area is 159 Å². The summed E-state index contributed by atoms with van der Waals surface area (Å²) >= 11 is 3.40. The second-order valence-electron chi connectivity index (χ2n) is 5.52. The fourth-order valence-electron chi connectivity index (χ4n) is 2.47. The van der Waals surface area contributed by atoms with Crippen LogP contribution in [0.5, 0.6) is 0 Å². The molecule has 0 aliphatic carbocycles. The molecule has 2 amide bonds. The Morgan fingerprint density at radius 3 is 2.54 bits per heavy atom. The van der Waals surface area contributed by atoms with Crippen LogP contribution in [0.4, 0.5) is 0 Å². The zero-order valence-electron chi connectivity index (χ0n) is 13.8. The van der Waals surface area contributed by atoms with E-state index in [1.54, 1.807) is 6.07 Å². The summed E-state index contributed by atoms with van der Waals surface area (Å²) in [4.78, 5) is 24.2. The lowest BCUT2D eigenvalue weighted by atomic mass is 10.0. The lowest BCUT2D eigenvalue weighted by molar-refractivity contribution is -0.120. The Kier molecular flexibility index (Phi) is 5.76. The van der Waals surface area contributed by atoms with Crippen LogP contribution >= 0.6 is 15.9 Å². The molecule has 0 aliphatic heterocycles. The SMILES string of the molecule is O=C(CNC(=O)c1cccc2ccccc12)N/N=C/c1ccccc1Br. The molecule has 5 nitrogen and oxygen atoms in total. The van der Waals surface area contributed by atoms with Crippen molar-refractivity contribution >= 4 is 44.7 Å². The normalized spacial score (nSPS) is 10.8. The Bertz CT molecular complexity index is 980. The molecular weight excluding hydrogens is 394 g/mol. The minimum Gasteiger partial charge on any atom is -0.343 e. The van der Waals surface area contributed by atoms with Crippen molar-refractivity contribution in [1.82, 2.24) is 10.7 Å². The van der Waals surface area contributed by atoms with Gasteiger partial charge in [0.25, 0.3) is 11.8 Å². The topological polar surface area (TPSA) is 70.6 Å². The van der Waals surface area contributed by atoms with Gasteiger partial charge in [-0.15, -0.1) is 0 Å². The van der Waals surface area contributed by atoms with E-state index in [1.165, 1.54) is 6.21 Å². The van der Waals surface area contributed by atoms with Crippen LogP contribution in [-0.2, 0) is 4.79 Å². The molecule has 0 radical (unpaired) electrons. The van der Waals surface area contributed by atoms with Gasteiger partial charge < -0.3 is 5.32 Å². The molecule has 2 N–H and O–H groups in total. The van der Waals surface area contributed by atoms with Crippen molar-refractivity contribution in [3.63, 3.8) is 0 Å². The van der Waals surface area contributed by atoms with E-state index in [1.807, 2.05) is 60.7 Å². The van der Waals surface area contributed by atoms with Crippen molar-refractivity contribution in [2.75, 3.05) is 6.54 Å². The van der Waals surface area contributed by atoms with Gasteiger partial charge in [-0.25, -0.2) is 5.43 Å². The van der Waals surface area contributed by atoms with Crippen LogP contribution in [0.2, 0.25) is 0 Å². The van der Waals surface area contributed by atoms with E-state index >= 15 is 0 Å². The van der Waals surface area contributed by atoms with Gasteiger partial charge in [-0.1, -0.05) is 70.5 Å². The number of nitrogens with one attached hydrogen (secondary N) is 2. The molecule has 0 aliphatic rings. The molecule has 0 saturated carbocycles. The molecule has 0 aromatic heterocycles. The number of benzene rings is 3. The largest absolute Gasteiger partial charge is 0.343 e. The number of hydrogen-bond donors (Lipinski definition) is 2. The molecule has 0 spiro atoms. The maximum atomic E-state index is 12.4. The van der Waals surface area contributed by atoms with Gasteiger partial charge in [0.15, 0.2) is 0 Å². The standard InChI is InChI=1S/C20H16BrN3O2/c21-18-11-4-2-7-15(18)12-23-24-19(25)13-22-20(26)17-10-5-8-14-6-1-3-9-16(14)17/h1-12H,13H2,(H,22,26)(H,24,25)/b23-12+. The monoisotopic (exact) mass is 409 g/mol. The first-order valence-corrected chi connectivity index (χ1v) is 8.77. The van der Waals surface area contributed by atoms with Crippen LogP contribution in [-0.4, -0.2) is 24.6 Å². The van der Waals surface area contributed by atoms with Crippen LogP contribution in [0, 0.1) is 0 Å². The number of carbonyl (C=O) groups is 2. The first-order chi connectivity index (χ1) is 12.6. The smallest absolute Gasteiger partial charge is 0.259 e. The van der Waals surface area contributed by atoms with E-state index in [4.69, 9.17) is 0 Å². The molecule has 6 heteroatoms. The van der Waals surface area contributed by atoms with E-state index in [9.17, 15) is 9.59 Å². The van der Waals surface area contributed by atoms with Crippen molar-refractivity contribution in [3.8, 4) is 0 Å². The highest BCUT2D eigenvalue weighted by molar-refractivity contribution is 9.10. The first kappa shape index (κ1) is 17.8. The summed E-state index contributed by atoms with van der Waals surface area (Å²) in [5.41, 5.74) is 3.77. The Balaban J connectivity index is 1.57. The quantitative estimate of drug-likeness (QED) is 0.500. The Morgan fingerprint density at radius 1 is 0.962 bits per heavy atom. The maximum Gasteiger partial charge on any atom is 0.259 e. The summed E-state index contributed by atoms with van der Waals surface area (Å²) in [5.74, 6) is -0.700. The van der Waals surface area contributed by atoms with Crippen molar-refractivity contribution in [3.05, 3.63) is 82.3 Å². The third kappa shape index (κ3) is 4.34. The van der Waals surface area contributed by atoms with Crippen molar-refractivity contribution in [2.24, 2.45) is 5.10 Å². The Morgan fingerprint density at radius 2 is 1.69 bits per heavy atom. The molecule has 26 heavy (non-hydrogen) atoms. The zero-order chi connectivity index (χ0) is 18.4. The van der Waals surface area contributed by atoms with Crippen LogP contribution < -0.4 is 10.7 Å². The summed E-state index contributed by atoms with van der Waals surface area (Å²) in [6.07, 6.45) is 1.54. The van der Waals surface area contributed by atoms with Gasteiger partial charge in [0.05, 0.1) is 12.8 Å². The lowest BCUT2D eigenvalue weighted by Gasteiger charge is -2.07. The molecule has 0 saturated heterocycles. The highest BCUT2D eigenvalue weighted by Crippen LogP contribution is 2.18. The second-order valence-corrected chi connectivity index (χ2v) is 6.38. The first-order valence-electron chi connectivity index (χ1n) is 7.97.